The molecule has 1 heterocycles. The zero-order valence-corrected chi connectivity index (χ0v) is 19.4. The lowest BCUT2D eigenvalue weighted by Crippen LogP contribution is -2.45. The Hall–Kier alpha value is -1.44. The molecule has 1 saturated heterocycles. The van der Waals surface area contributed by atoms with E-state index >= 15 is 0 Å². The average molecular weight is 424 g/mol. The summed E-state index contributed by atoms with van der Waals surface area (Å²) in [6.07, 6.45) is 3.11. The fourth-order valence-electron chi connectivity index (χ4n) is 4.01. The predicted octanol–water partition coefficient (Wildman–Crippen LogP) is 2.74. The number of aryl methyl sites for hydroxylation is 1. The number of benzene rings is 1. The first-order chi connectivity index (χ1) is 13.5. The van der Waals surface area contributed by atoms with Gasteiger partial charge in [0.05, 0.1) is 4.90 Å². The highest BCUT2D eigenvalue weighted by Crippen LogP contribution is 2.25. The molecule has 1 N–H and O–H groups in total. The summed E-state index contributed by atoms with van der Waals surface area (Å²) >= 11 is 0. The first-order valence-corrected chi connectivity index (χ1v) is 12.0. The standard InChI is InChI=1S/C22H37N3O3S/c1-6-7-18-8-10-20(11-9-18)29(27,28)25-14-12-19(13-15-25)21(26)23-16-22(2,3)17-24(4)5/h8-11,19H,6-7,12-17H2,1-5H3,(H,23,26). The van der Waals surface area contributed by atoms with Crippen molar-refractivity contribution in [3.63, 3.8) is 0 Å². The summed E-state index contributed by atoms with van der Waals surface area (Å²) in [4.78, 5) is 15.0. The Morgan fingerprint density at radius 3 is 2.28 bits per heavy atom. The van der Waals surface area contributed by atoms with E-state index in [4.69, 9.17) is 0 Å². The number of hydrogen-bond acceptors (Lipinski definition) is 4. The number of nitrogens with zero attached hydrogens (tertiary/aromatic N) is 2. The van der Waals surface area contributed by atoms with Crippen molar-refractivity contribution in [2.24, 2.45) is 11.3 Å². The summed E-state index contributed by atoms with van der Waals surface area (Å²) in [7, 11) is 0.554. The Balaban J connectivity index is 1.89. The molecule has 6 nitrogen and oxygen atoms in total. The van der Waals surface area contributed by atoms with Crippen LogP contribution in [0.25, 0.3) is 0 Å². The van der Waals surface area contributed by atoms with E-state index in [0.717, 1.165) is 24.9 Å². The third-order valence-corrected chi connectivity index (χ3v) is 7.32. The Morgan fingerprint density at radius 2 is 1.76 bits per heavy atom. The van der Waals surface area contributed by atoms with E-state index < -0.39 is 10.0 Å². The first kappa shape index (κ1) is 23.8. The van der Waals surface area contributed by atoms with Gasteiger partial charge in [0.2, 0.25) is 15.9 Å². The van der Waals surface area contributed by atoms with Crippen LogP contribution >= 0.6 is 0 Å². The van der Waals surface area contributed by atoms with Gasteiger partial charge in [-0.1, -0.05) is 39.3 Å². The maximum atomic E-state index is 12.9. The van der Waals surface area contributed by atoms with Crippen LogP contribution in [0.15, 0.2) is 29.2 Å². The van der Waals surface area contributed by atoms with Gasteiger partial charge in [-0.05, 0) is 56.5 Å². The van der Waals surface area contributed by atoms with Crippen LogP contribution in [-0.2, 0) is 21.2 Å². The Kier molecular flexibility index (Phi) is 8.26. The number of rotatable bonds is 9. The number of nitrogens with one attached hydrogen (secondary N) is 1. The minimum atomic E-state index is -3.50. The molecule has 0 unspecified atom stereocenters. The number of carbonyl (C=O) groups excluding carboxylic acids is 1. The molecule has 0 bridgehead atoms. The number of carbonyl (C=O) groups is 1. The van der Waals surface area contributed by atoms with Crippen LogP contribution in [0, 0.1) is 11.3 Å². The van der Waals surface area contributed by atoms with Crippen molar-refractivity contribution in [3.05, 3.63) is 29.8 Å². The van der Waals surface area contributed by atoms with E-state index in [9.17, 15) is 13.2 Å². The minimum Gasteiger partial charge on any atom is -0.355 e. The molecule has 0 saturated carbocycles. The largest absolute Gasteiger partial charge is 0.355 e. The van der Waals surface area contributed by atoms with Gasteiger partial charge < -0.3 is 10.2 Å². The maximum absolute atomic E-state index is 12.9. The zero-order chi connectivity index (χ0) is 21.7. The van der Waals surface area contributed by atoms with Crippen LogP contribution < -0.4 is 5.32 Å². The van der Waals surface area contributed by atoms with Crippen molar-refractivity contribution in [2.75, 3.05) is 40.3 Å². The molecule has 164 valence electrons. The van der Waals surface area contributed by atoms with Gasteiger partial charge in [-0.2, -0.15) is 4.31 Å². The van der Waals surface area contributed by atoms with Crippen LogP contribution in [0.3, 0.4) is 0 Å². The zero-order valence-electron chi connectivity index (χ0n) is 18.6. The highest BCUT2D eigenvalue weighted by molar-refractivity contribution is 7.89. The lowest BCUT2D eigenvalue weighted by molar-refractivity contribution is -0.126. The fraction of sp³-hybridized carbons (Fsp3) is 0.682. The van der Waals surface area contributed by atoms with Crippen molar-refractivity contribution in [2.45, 2.75) is 51.3 Å². The molecule has 2 rings (SSSR count). The summed E-state index contributed by atoms with van der Waals surface area (Å²) in [5.41, 5.74) is 1.15. The molecular weight excluding hydrogens is 386 g/mol. The van der Waals surface area contributed by atoms with E-state index in [0.29, 0.717) is 37.4 Å². The number of sulfonamides is 1. The van der Waals surface area contributed by atoms with Gasteiger partial charge in [-0.25, -0.2) is 8.42 Å². The summed E-state index contributed by atoms with van der Waals surface area (Å²) in [5, 5.41) is 3.07. The number of amides is 1. The maximum Gasteiger partial charge on any atom is 0.243 e. The molecule has 1 aromatic rings. The van der Waals surface area contributed by atoms with E-state index in [-0.39, 0.29) is 17.2 Å². The van der Waals surface area contributed by atoms with E-state index in [1.165, 1.54) is 4.31 Å². The molecule has 1 fully saturated rings. The van der Waals surface area contributed by atoms with Crippen LogP contribution in [0.5, 0.6) is 0 Å². The van der Waals surface area contributed by atoms with Gasteiger partial charge in [-0.3, -0.25) is 4.79 Å². The smallest absolute Gasteiger partial charge is 0.243 e. The second kappa shape index (κ2) is 10.0. The van der Waals surface area contributed by atoms with E-state index in [1.54, 1.807) is 12.1 Å². The Morgan fingerprint density at radius 1 is 1.17 bits per heavy atom. The molecule has 1 aliphatic heterocycles. The third kappa shape index (κ3) is 6.79. The van der Waals surface area contributed by atoms with Gasteiger partial charge in [-0.15, -0.1) is 0 Å². The van der Waals surface area contributed by atoms with Crippen LogP contribution in [-0.4, -0.2) is 63.8 Å². The van der Waals surface area contributed by atoms with Crippen LogP contribution in [0.1, 0.15) is 45.6 Å². The Labute approximate surface area is 176 Å². The normalized spacial score (nSPS) is 16.9. The highest BCUT2D eigenvalue weighted by Gasteiger charge is 2.32. The van der Waals surface area contributed by atoms with Crippen molar-refractivity contribution >= 4 is 15.9 Å². The number of hydrogen-bond donors (Lipinski definition) is 1. The van der Waals surface area contributed by atoms with Crippen molar-refractivity contribution in [1.29, 1.82) is 0 Å². The number of piperidine rings is 1. The fourth-order valence-corrected chi connectivity index (χ4v) is 5.48. The van der Waals surface area contributed by atoms with Gasteiger partial charge in [0.15, 0.2) is 0 Å². The molecule has 1 aliphatic rings. The molecular formula is C22H37N3O3S. The third-order valence-electron chi connectivity index (χ3n) is 5.41. The monoisotopic (exact) mass is 423 g/mol. The average Bonchev–Trinajstić information content (AvgIpc) is 2.66. The van der Waals surface area contributed by atoms with Crippen LogP contribution in [0.4, 0.5) is 0 Å². The molecule has 0 atom stereocenters. The van der Waals surface area contributed by atoms with Crippen molar-refractivity contribution in [3.8, 4) is 0 Å². The van der Waals surface area contributed by atoms with Crippen molar-refractivity contribution in [1.82, 2.24) is 14.5 Å². The topological polar surface area (TPSA) is 69.7 Å². The van der Waals surface area contributed by atoms with Gasteiger partial charge in [0.25, 0.3) is 0 Å². The summed E-state index contributed by atoms with van der Waals surface area (Å²) in [5.74, 6) is -0.0821. The summed E-state index contributed by atoms with van der Waals surface area (Å²) in [6, 6.07) is 7.19. The molecule has 1 amide bonds. The van der Waals surface area contributed by atoms with Gasteiger partial charge >= 0.3 is 0 Å². The van der Waals surface area contributed by atoms with Gasteiger partial charge in [0, 0.05) is 32.1 Å². The summed E-state index contributed by atoms with van der Waals surface area (Å²) in [6.45, 7) is 8.65. The SMILES string of the molecule is CCCc1ccc(S(=O)(=O)N2CCC(C(=O)NCC(C)(C)CN(C)C)CC2)cc1. The highest BCUT2D eigenvalue weighted by atomic mass is 32.2. The minimum absolute atomic E-state index is 0.00681. The molecule has 0 aliphatic carbocycles. The van der Waals surface area contributed by atoms with E-state index in [1.807, 2.05) is 26.2 Å². The second-order valence-electron chi connectivity index (χ2n) is 9.19. The molecule has 7 heteroatoms. The van der Waals surface area contributed by atoms with Gasteiger partial charge in [0.1, 0.15) is 0 Å². The summed E-state index contributed by atoms with van der Waals surface area (Å²) < 4.78 is 27.3. The second-order valence-corrected chi connectivity index (χ2v) is 11.1. The van der Waals surface area contributed by atoms with Crippen molar-refractivity contribution < 1.29 is 13.2 Å². The molecule has 0 aromatic heterocycles. The lowest BCUT2D eigenvalue weighted by Gasteiger charge is -2.32. The van der Waals surface area contributed by atoms with Crippen LogP contribution in [0.2, 0.25) is 0 Å². The van der Waals surface area contributed by atoms with E-state index in [2.05, 4.69) is 31.0 Å². The Bertz CT molecular complexity index is 765. The first-order valence-electron chi connectivity index (χ1n) is 10.6. The molecule has 29 heavy (non-hydrogen) atoms. The predicted molar refractivity (Wildman–Crippen MR) is 117 cm³/mol. The lowest BCUT2D eigenvalue weighted by atomic mass is 9.91. The quantitative estimate of drug-likeness (QED) is 0.663. The molecule has 0 spiro atoms. The molecule has 1 aromatic carbocycles. The molecule has 0 radical (unpaired) electrons.